The Morgan fingerprint density at radius 3 is 1.73 bits per heavy atom. The maximum absolute atomic E-state index is 4.76. The maximum atomic E-state index is 4.76. The Labute approximate surface area is 77.4 Å². The lowest BCUT2D eigenvalue weighted by Gasteiger charge is -1.90. The molecular formula is C8H11Cl2N. The van der Waals surface area contributed by atoms with Crippen molar-refractivity contribution < 1.29 is 0 Å². The smallest absolute Gasteiger partial charge is 0.0967 e. The van der Waals surface area contributed by atoms with Crippen LogP contribution >= 0.6 is 23.2 Å². The monoisotopic (exact) mass is 191 g/mol. The van der Waals surface area contributed by atoms with Gasteiger partial charge in [-0.25, -0.2) is 0 Å². The van der Waals surface area contributed by atoms with E-state index in [1.807, 2.05) is 32.0 Å². The maximum Gasteiger partial charge on any atom is 0.0967 e. The Morgan fingerprint density at radius 1 is 1.18 bits per heavy atom. The van der Waals surface area contributed by atoms with Gasteiger partial charge in [-0.05, 0) is 26.0 Å². The Balaban J connectivity index is 0.000000292. The van der Waals surface area contributed by atoms with E-state index in [1.54, 1.807) is 0 Å². The highest BCUT2D eigenvalue weighted by Gasteiger charge is 1.82. The van der Waals surface area contributed by atoms with E-state index in [2.05, 4.69) is 4.98 Å². The van der Waals surface area contributed by atoms with Gasteiger partial charge >= 0.3 is 0 Å². The van der Waals surface area contributed by atoms with Crippen LogP contribution in [-0.4, -0.2) is 10.3 Å². The van der Waals surface area contributed by atoms with E-state index in [1.165, 1.54) is 0 Å². The normalized spacial score (nSPS) is 8.36. The number of hydrogen-bond acceptors (Lipinski definition) is 1. The lowest BCUT2D eigenvalue weighted by atomic mass is 10.3. The minimum atomic E-state index is 0.194. The highest BCUT2D eigenvalue weighted by Crippen LogP contribution is 1.93. The average molecular weight is 192 g/mol. The molecule has 1 nitrogen and oxygen atoms in total. The second kappa shape index (κ2) is 6.44. The zero-order valence-electron chi connectivity index (χ0n) is 6.64. The molecule has 0 N–H and O–H groups in total. The van der Waals surface area contributed by atoms with Crippen LogP contribution in [0.25, 0.3) is 0 Å². The van der Waals surface area contributed by atoms with Gasteiger partial charge in [-0.1, -0.05) is 6.07 Å². The minimum Gasteiger partial charge on any atom is -0.258 e. The van der Waals surface area contributed by atoms with Crippen molar-refractivity contribution in [3.63, 3.8) is 0 Å². The molecule has 0 saturated heterocycles. The van der Waals surface area contributed by atoms with Gasteiger partial charge in [-0.15, -0.1) is 23.2 Å². The molecule has 0 bridgehead atoms. The molecule has 1 aromatic heterocycles. The van der Waals surface area contributed by atoms with Crippen LogP contribution in [0.3, 0.4) is 0 Å². The number of alkyl halides is 2. The summed E-state index contributed by atoms with van der Waals surface area (Å²) in [6.07, 6.45) is 0. The fraction of sp³-hybridized carbons (Fsp3) is 0.375. The minimum absolute atomic E-state index is 0.194. The van der Waals surface area contributed by atoms with Crippen LogP contribution in [0.15, 0.2) is 18.2 Å². The van der Waals surface area contributed by atoms with E-state index < -0.39 is 0 Å². The number of aryl methyl sites for hydroxylation is 2. The van der Waals surface area contributed by atoms with Crippen LogP contribution in [0.2, 0.25) is 0 Å². The summed E-state index contributed by atoms with van der Waals surface area (Å²) in [4.78, 5) is 4.17. The summed E-state index contributed by atoms with van der Waals surface area (Å²) >= 11 is 9.53. The van der Waals surface area contributed by atoms with E-state index in [4.69, 9.17) is 23.2 Å². The second-order valence-corrected chi connectivity index (χ2v) is 2.83. The number of nitrogens with zero attached hydrogens (tertiary/aromatic N) is 1. The number of rotatable bonds is 0. The van der Waals surface area contributed by atoms with Gasteiger partial charge in [-0.2, -0.15) is 0 Å². The number of hydrogen-bond donors (Lipinski definition) is 0. The van der Waals surface area contributed by atoms with Gasteiger partial charge < -0.3 is 0 Å². The molecule has 0 unspecified atom stereocenters. The fourth-order valence-electron chi connectivity index (χ4n) is 0.679. The van der Waals surface area contributed by atoms with E-state index in [-0.39, 0.29) is 5.34 Å². The molecule has 0 atom stereocenters. The van der Waals surface area contributed by atoms with Crippen molar-refractivity contribution in [1.82, 2.24) is 4.98 Å². The molecule has 0 radical (unpaired) electrons. The molecule has 0 aliphatic carbocycles. The van der Waals surface area contributed by atoms with Crippen molar-refractivity contribution in [3.05, 3.63) is 29.6 Å². The summed E-state index contributed by atoms with van der Waals surface area (Å²) in [5.74, 6) is 0. The van der Waals surface area contributed by atoms with Gasteiger partial charge in [0.15, 0.2) is 0 Å². The Hall–Kier alpha value is -0.270. The van der Waals surface area contributed by atoms with Crippen molar-refractivity contribution in [3.8, 4) is 0 Å². The van der Waals surface area contributed by atoms with Gasteiger partial charge in [0, 0.05) is 11.4 Å². The van der Waals surface area contributed by atoms with Crippen LogP contribution in [-0.2, 0) is 0 Å². The first-order chi connectivity index (χ1) is 5.20. The standard InChI is InChI=1S/C7H9N.CH2Cl2/c1-6-4-3-5-7(2)8-6;2-1-3/h3-5H,1-2H3;1H2. The summed E-state index contributed by atoms with van der Waals surface area (Å²) in [7, 11) is 0. The van der Waals surface area contributed by atoms with Crippen LogP contribution in [0.1, 0.15) is 11.4 Å². The predicted molar refractivity (Wildman–Crippen MR) is 50.3 cm³/mol. The lowest BCUT2D eigenvalue weighted by molar-refractivity contribution is 1.12. The Morgan fingerprint density at radius 2 is 1.55 bits per heavy atom. The Bertz CT molecular complexity index is 184. The van der Waals surface area contributed by atoms with E-state index >= 15 is 0 Å². The van der Waals surface area contributed by atoms with Crippen molar-refractivity contribution in [1.29, 1.82) is 0 Å². The topological polar surface area (TPSA) is 12.9 Å². The van der Waals surface area contributed by atoms with Gasteiger partial charge in [-0.3, -0.25) is 4.98 Å². The third kappa shape index (κ3) is 6.14. The molecule has 0 aromatic carbocycles. The number of aromatic nitrogens is 1. The van der Waals surface area contributed by atoms with Crippen LogP contribution in [0.5, 0.6) is 0 Å². The molecule has 1 rings (SSSR count). The first-order valence-corrected chi connectivity index (χ1v) is 4.29. The summed E-state index contributed by atoms with van der Waals surface area (Å²) in [6, 6.07) is 6.00. The highest BCUT2D eigenvalue weighted by atomic mass is 35.5. The van der Waals surface area contributed by atoms with Gasteiger partial charge in [0.2, 0.25) is 0 Å². The van der Waals surface area contributed by atoms with Crippen LogP contribution in [0, 0.1) is 13.8 Å². The van der Waals surface area contributed by atoms with Gasteiger partial charge in [0.25, 0.3) is 0 Å². The Kier molecular flexibility index (Phi) is 6.28. The lowest BCUT2D eigenvalue weighted by Crippen LogP contribution is -1.81. The van der Waals surface area contributed by atoms with Crippen molar-refractivity contribution in [2.24, 2.45) is 0 Å². The SMILES string of the molecule is Cc1cccc(C)n1.ClCCl. The zero-order chi connectivity index (χ0) is 8.69. The molecule has 0 amide bonds. The molecule has 62 valence electrons. The molecule has 0 saturated carbocycles. The van der Waals surface area contributed by atoms with Gasteiger partial charge in [0.1, 0.15) is 0 Å². The summed E-state index contributed by atoms with van der Waals surface area (Å²) in [5, 5.41) is 0.194. The molecule has 0 aliphatic rings. The van der Waals surface area contributed by atoms with Crippen LogP contribution in [0.4, 0.5) is 0 Å². The van der Waals surface area contributed by atoms with E-state index in [0.29, 0.717) is 0 Å². The largest absolute Gasteiger partial charge is 0.258 e. The van der Waals surface area contributed by atoms with E-state index in [9.17, 15) is 0 Å². The predicted octanol–water partition coefficient (Wildman–Crippen LogP) is 3.12. The summed E-state index contributed by atoms with van der Waals surface area (Å²) in [6.45, 7) is 3.99. The molecular weight excluding hydrogens is 181 g/mol. The van der Waals surface area contributed by atoms with Crippen molar-refractivity contribution >= 4 is 23.2 Å². The zero-order valence-corrected chi connectivity index (χ0v) is 8.15. The summed E-state index contributed by atoms with van der Waals surface area (Å²) in [5.41, 5.74) is 2.18. The third-order valence-corrected chi connectivity index (χ3v) is 1.03. The molecule has 0 spiro atoms. The number of pyridine rings is 1. The summed E-state index contributed by atoms with van der Waals surface area (Å²) < 4.78 is 0. The third-order valence-electron chi connectivity index (χ3n) is 1.03. The van der Waals surface area contributed by atoms with E-state index in [0.717, 1.165) is 11.4 Å². The molecule has 11 heavy (non-hydrogen) atoms. The first-order valence-electron chi connectivity index (χ1n) is 3.23. The highest BCUT2D eigenvalue weighted by molar-refractivity contribution is 6.40. The number of halogens is 2. The molecule has 3 heteroatoms. The molecule has 0 aliphatic heterocycles. The second-order valence-electron chi connectivity index (χ2n) is 2.02. The fourth-order valence-corrected chi connectivity index (χ4v) is 0.679. The van der Waals surface area contributed by atoms with Crippen molar-refractivity contribution in [2.75, 3.05) is 5.34 Å². The molecule has 1 aromatic rings. The quantitative estimate of drug-likeness (QED) is 0.575. The average Bonchev–Trinajstić information content (AvgIpc) is 1.88. The van der Waals surface area contributed by atoms with Gasteiger partial charge in [0.05, 0.1) is 5.34 Å². The first kappa shape index (κ1) is 10.7. The van der Waals surface area contributed by atoms with Crippen LogP contribution < -0.4 is 0 Å². The molecule has 1 heterocycles. The van der Waals surface area contributed by atoms with Crippen molar-refractivity contribution in [2.45, 2.75) is 13.8 Å². The molecule has 0 fully saturated rings.